The normalized spacial score (nSPS) is 11.4. The molecule has 0 heterocycles. The highest BCUT2D eigenvalue weighted by atomic mass is 32.2. The first-order valence-corrected chi connectivity index (χ1v) is 7.78. The monoisotopic (exact) mass is 309 g/mol. The number of hydrogen-bond donors (Lipinski definition) is 1. The van der Waals surface area contributed by atoms with Crippen molar-refractivity contribution in [2.75, 3.05) is 11.8 Å². The highest BCUT2D eigenvalue weighted by Gasteiger charge is 2.20. The summed E-state index contributed by atoms with van der Waals surface area (Å²) in [6.07, 6.45) is 0. The molecule has 112 valence electrons. The van der Waals surface area contributed by atoms with Gasteiger partial charge in [-0.3, -0.25) is 4.72 Å². The van der Waals surface area contributed by atoms with Gasteiger partial charge in [-0.2, -0.15) is 0 Å². The summed E-state index contributed by atoms with van der Waals surface area (Å²) >= 11 is 0. The van der Waals surface area contributed by atoms with Crippen molar-refractivity contribution in [2.24, 2.45) is 0 Å². The van der Waals surface area contributed by atoms with Crippen LogP contribution in [-0.4, -0.2) is 15.5 Å². The van der Waals surface area contributed by atoms with Crippen LogP contribution in [0.3, 0.4) is 0 Å². The van der Waals surface area contributed by atoms with Crippen molar-refractivity contribution in [1.29, 1.82) is 0 Å². The van der Waals surface area contributed by atoms with Gasteiger partial charge < -0.3 is 4.74 Å². The lowest BCUT2D eigenvalue weighted by Gasteiger charge is -2.13. The Kier molecular flexibility index (Phi) is 4.59. The molecule has 0 atom stereocenters. The van der Waals surface area contributed by atoms with Gasteiger partial charge >= 0.3 is 0 Å². The van der Waals surface area contributed by atoms with Gasteiger partial charge in [0.2, 0.25) is 0 Å². The summed E-state index contributed by atoms with van der Waals surface area (Å²) in [4.78, 5) is -0.366. The van der Waals surface area contributed by atoms with Crippen LogP contribution in [0, 0.1) is 12.7 Å². The molecule has 0 amide bonds. The van der Waals surface area contributed by atoms with E-state index in [2.05, 4.69) is 4.72 Å². The largest absolute Gasteiger partial charge is 0.380 e. The topological polar surface area (TPSA) is 55.4 Å². The average molecular weight is 309 g/mol. The van der Waals surface area contributed by atoms with E-state index in [1.54, 1.807) is 31.2 Å². The highest BCUT2D eigenvalue weighted by molar-refractivity contribution is 7.92. The van der Waals surface area contributed by atoms with E-state index in [0.717, 1.165) is 6.07 Å². The fourth-order valence-corrected chi connectivity index (χ4v) is 3.18. The molecular formula is C15H16FNO3S. The summed E-state index contributed by atoms with van der Waals surface area (Å²) in [6.45, 7) is 1.96. The zero-order chi connectivity index (χ0) is 15.5. The summed E-state index contributed by atoms with van der Waals surface area (Å²) < 4.78 is 45.9. The lowest BCUT2D eigenvalue weighted by molar-refractivity contribution is 0.185. The quantitative estimate of drug-likeness (QED) is 0.923. The number of anilines is 1. The molecule has 0 saturated heterocycles. The number of benzene rings is 2. The Morgan fingerprint density at radius 2 is 1.90 bits per heavy atom. The summed E-state index contributed by atoms with van der Waals surface area (Å²) in [7, 11) is -2.47. The first-order valence-electron chi connectivity index (χ1n) is 6.30. The van der Waals surface area contributed by atoms with Crippen LogP contribution in [0.25, 0.3) is 0 Å². The minimum atomic E-state index is -3.99. The Bertz CT molecular complexity index is 744. The molecule has 0 unspecified atom stereocenters. The van der Waals surface area contributed by atoms with E-state index in [0.29, 0.717) is 16.8 Å². The fraction of sp³-hybridized carbons (Fsp3) is 0.200. The predicted molar refractivity (Wildman–Crippen MR) is 79.1 cm³/mol. The molecule has 0 bridgehead atoms. The molecule has 0 radical (unpaired) electrons. The zero-order valence-electron chi connectivity index (χ0n) is 11.8. The van der Waals surface area contributed by atoms with Gasteiger partial charge in [0.05, 0.1) is 12.3 Å². The van der Waals surface area contributed by atoms with Crippen LogP contribution in [0.15, 0.2) is 47.4 Å². The molecule has 1 N–H and O–H groups in total. The number of ether oxygens (including phenoxy) is 1. The number of rotatable bonds is 5. The van der Waals surface area contributed by atoms with Crippen molar-refractivity contribution in [3.8, 4) is 0 Å². The van der Waals surface area contributed by atoms with Crippen LogP contribution < -0.4 is 4.72 Å². The minimum absolute atomic E-state index is 0.259. The average Bonchev–Trinajstić information content (AvgIpc) is 2.43. The SMILES string of the molecule is COCc1ccccc1NS(=O)(=O)c1cc(C)ccc1F. The van der Waals surface area contributed by atoms with Crippen molar-refractivity contribution < 1.29 is 17.5 Å². The van der Waals surface area contributed by atoms with Gasteiger partial charge in [0.15, 0.2) is 0 Å². The number of aryl methyl sites for hydroxylation is 1. The highest BCUT2D eigenvalue weighted by Crippen LogP contribution is 2.23. The molecule has 0 aliphatic rings. The third kappa shape index (κ3) is 3.59. The van der Waals surface area contributed by atoms with Crippen molar-refractivity contribution in [3.63, 3.8) is 0 Å². The van der Waals surface area contributed by atoms with Crippen LogP contribution in [-0.2, 0) is 21.4 Å². The van der Waals surface area contributed by atoms with Crippen LogP contribution in [0.4, 0.5) is 10.1 Å². The third-order valence-electron chi connectivity index (χ3n) is 2.94. The van der Waals surface area contributed by atoms with E-state index in [-0.39, 0.29) is 11.5 Å². The minimum Gasteiger partial charge on any atom is -0.380 e. The van der Waals surface area contributed by atoms with Gasteiger partial charge in [-0.1, -0.05) is 24.3 Å². The third-order valence-corrected chi connectivity index (χ3v) is 4.32. The van der Waals surface area contributed by atoms with E-state index in [9.17, 15) is 12.8 Å². The Morgan fingerprint density at radius 1 is 1.19 bits per heavy atom. The van der Waals surface area contributed by atoms with Gasteiger partial charge in [0.1, 0.15) is 10.7 Å². The molecule has 0 fully saturated rings. The first kappa shape index (κ1) is 15.5. The number of sulfonamides is 1. The number of para-hydroxylation sites is 1. The van der Waals surface area contributed by atoms with Crippen LogP contribution in [0.1, 0.15) is 11.1 Å². The molecule has 21 heavy (non-hydrogen) atoms. The van der Waals surface area contributed by atoms with Gasteiger partial charge in [-0.25, -0.2) is 12.8 Å². The maximum absolute atomic E-state index is 13.8. The summed E-state index contributed by atoms with van der Waals surface area (Å²) in [5.41, 5.74) is 1.72. The number of halogens is 1. The van der Waals surface area contributed by atoms with Crippen molar-refractivity contribution in [3.05, 3.63) is 59.4 Å². The lowest BCUT2D eigenvalue weighted by atomic mass is 10.2. The second-order valence-electron chi connectivity index (χ2n) is 4.63. The molecule has 4 nitrogen and oxygen atoms in total. The van der Waals surface area contributed by atoms with Gasteiger partial charge in [0.25, 0.3) is 10.0 Å². The maximum atomic E-state index is 13.8. The number of hydrogen-bond acceptors (Lipinski definition) is 3. The number of nitrogens with one attached hydrogen (secondary N) is 1. The van der Waals surface area contributed by atoms with Crippen molar-refractivity contribution in [1.82, 2.24) is 0 Å². The molecular weight excluding hydrogens is 293 g/mol. The molecule has 0 aliphatic heterocycles. The van der Waals surface area contributed by atoms with Gasteiger partial charge in [0, 0.05) is 12.7 Å². The molecule has 0 aliphatic carbocycles. The van der Waals surface area contributed by atoms with E-state index < -0.39 is 15.8 Å². The Labute approximate surface area is 123 Å². The zero-order valence-corrected chi connectivity index (χ0v) is 12.6. The molecule has 0 saturated carbocycles. The second kappa shape index (κ2) is 6.24. The molecule has 0 aromatic heterocycles. The molecule has 2 aromatic rings. The van der Waals surface area contributed by atoms with Gasteiger partial charge in [-0.15, -0.1) is 0 Å². The van der Waals surface area contributed by atoms with Crippen molar-refractivity contribution >= 4 is 15.7 Å². The molecule has 6 heteroatoms. The summed E-state index contributed by atoms with van der Waals surface area (Å²) in [6, 6.07) is 10.8. The molecule has 0 spiro atoms. The Morgan fingerprint density at radius 3 is 2.62 bits per heavy atom. The number of methoxy groups -OCH3 is 1. The first-order chi connectivity index (χ1) is 9.94. The smallest absolute Gasteiger partial charge is 0.264 e. The van der Waals surface area contributed by atoms with E-state index in [1.807, 2.05) is 0 Å². The Balaban J connectivity index is 2.40. The summed E-state index contributed by atoms with van der Waals surface area (Å²) in [5, 5.41) is 0. The van der Waals surface area contributed by atoms with E-state index in [1.165, 1.54) is 19.2 Å². The molecule has 2 aromatic carbocycles. The second-order valence-corrected chi connectivity index (χ2v) is 6.28. The van der Waals surface area contributed by atoms with E-state index in [4.69, 9.17) is 4.74 Å². The van der Waals surface area contributed by atoms with E-state index >= 15 is 0 Å². The van der Waals surface area contributed by atoms with Crippen LogP contribution in [0.5, 0.6) is 0 Å². The van der Waals surface area contributed by atoms with Crippen LogP contribution in [0.2, 0.25) is 0 Å². The Hall–Kier alpha value is -1.92. The fourth-order valence-electron chi connectivity index (χ4n) is 1.92. The van der Waals surface area contributed by atoms with Crippen LogP contribution >= 0.6 is 0 Å². The maximum Gasteiger partial charge on any atom is 0.264 e. The predicted octanol–water partition coefficient (Wildman–Crippen LogP) is 3.08. The summed E-state index contributed by atoms with van der Waals surface area (Å²) in [5.74, 6) is -0.780. The molecule has 2 rings (SSSR count). The lowest BCUT2D eigenvalue weighted by Crippen LogP contribution is -2.16. The van der Waals surface area contributed by atoms with Gasteiger partial charge in [-0.05, 0) is 30.7 Å². The standard InChI is InChI=1S/C15H16FNO3S/c1-11-7-8-13(16)15(9-11)21(18,19)17-14-6-4-3-5-12(14)10-20-2/h3-9,17H,10H2,1-2H3. The van der Waals surface area contributed by atoms with Crippen molar-refractivity contribution in [2.45, 2.75) is 18.4 Å².